The number of Topliss-reactive ketones (excluding diaryl/α,β-unsaturated/α-hetero) is 1. The molecule has 102 valence electrons. The lowest BCUT2D eigenvalue weighted by molar-refractivity contribution is -0.166. The number of aromatic hydroxyl groups is 1. The van der Waals surface area contributed by atoms with Gasteiger partial charge in [0.05, 0.1) is 12.2 Å². The summed E-state index contributed by atoms with van der Waals surface area (Å²) in [7, 11) is 0. The lowest BCUT2D eigenvalue weighted by Crippen LogP contribution is -2.43. The van der Waals surface area contributed by atoms with Crippen molar-refractivity contribution in [1.82, 2.24) is 0 Å². The van der Waals surface area contributed by atoms with Gasteiger partial charge in [-0.15, -0.1) is 0 Å². The molecule has 0 spiro atoms. The number of hydrogen-bond donors (Lipinski definition) is 1. The van der Waals surface area contributed by atoms with Crippen molar-refractivity contribution in [2.45, 2.75) is 33.0 Å². The van der Waals surface area contributed by atoms with E-state index in [1.54, 1.807) is 12.1 Å². The first-order valence-electron chi connectivity index (χ1n) is 6.61. The van der Waals surface area contributed by atoms with Crippen LogP contribution in [0, 0.1) is 11.8 Å². The Morgan fingerprint density at radius 3 is 2.89 bits per heavy atom. The van der Waals surface area contributed by atoms with Crippen LogP contribution in [0.25, 0.3) is 0 Å². The molecule has 3 rings (SSSR count). The van der Waals surface area contributed by atoms with Gasteiger partial charge in [0, 0.05) is 18.4 Å². The summed E-state index contributed by atoms with van der Waals surface area (Å²) in [6.45, 7) is 6.18. The monoisotopic (exact) mass is 262 g/mol. The van der Waals surface area contributed by atoms with E-state index in [1.807, 2.05) is 6.92 Å². The molecule has 0 unspecified atom stereocenters. The number of carbonyl (C=O) groups is 1. The largest absolute Gasteiger partial charge is 0.507 e. The van der Waals surface area contributed by atoms with E-state index in [0.717, 1.165) is 5.56 Å². The summed E-state index contributed by atoms with van der Waals surface area (Å²) in [6, 6.07) is 3.36. The van der Waals surface area contributed by atoms with Crippen LogP contribution >= 0.6 is 0 Å². The van der Waals surface area contributed by atoms with E-state index < -0.39 is 5.79 Å². The van der Waals surface area contributed by atoms with Gasteiger partial charge in [-0.3, -0.25) is 4.79 Å². The molecular formula is C15H18O4. The number of carbonyl (C=O) groups excluding carboxylic acids is 1. The normalized spacial score (nSPS) is 32.4. The van der Waals surface area contributed by atoms with Gasteiger partial charge < -0.3 is 14.6 Å². The van der Waals surface area contributed by atoms with E-state index in [-0.39, 0.29) is 17.5 Å². The number of benzene rings is 1. The highest BCUT2D eigenvalue weighted by Gasteiger charge is 2.50. The third-order valence-corrected chi connectivity index (χ3v) is 4.35. The molecule has 0 saturated carbocycles. The molecule has 1 fully saturated rings. The fraction of sp³-hybridized carbons (Fsp3) is 0.533. The zero-order chi connectivity index (χ0) is 13.8. The summed E-state index contributed by atoms with van der Waals surface area (Å²) in [5.74, 6) is 0.508. The Morgan fingerprint density at radius 2 is 2.21 bits per heavy atom. The molecule has 2 aliphatic heterocycles. The molecule has 1 N–H and O–H groups in total. The van der Waals surface area contributed by atoms with Gasteiger partial charge in [0.25, 0.3) is 0 Å². The molecule has 4 nitrogen and oxygen atoms in total. The van der Waals surface area contributed by atoms with Crippen LogP contribution in [-0.2, 0) is 11.2 Å². The number of phenolic OH excluding ortho intramolecular Hbond substituents is 1. The van der Waals surface area contributed by atoms with Crippen LogP contribution in [0.1, 0.15) is 36.7 Å². The van der Waals surface area contributed by atoms with Crippen LogP contribution in [0.15, 0.2) is 12.1 Å². The van der Waals surface area contributed by atoms with Gasteiger partial charge in [-0.1, -0.05) is 6.92 Å². The smallest absolute Gasteiger partial charge is 0.211 e. The van der Waals surface area contributed by atoms with E-state index in [9.17, 15) is 9.90 Å². The second-order valence-corrected chi connectivity index (χ2v) is 5.71. The van der Waals surface area contributed by atoms with E-state index in [1.165, 1.54) is 6.92 Å². The predicted molar refractivity (Wildman–Crippen MR) is 69.5 cm³/mol. The molecule has 1 aromatic carbocycles. The fourth-order valence-electron chi connectivity index (χ4n) is 3.16. The molecular weight excluding hydrogens is 244 g/mol. The molecule has 2 aliphatic rings. The van der Waals surface area contributed by atoms with Crippen LogP contribution in [0.2, 0.25) is 0 Å². The quantitative estimate of drug-likeness (QED) is 0.790. The van der Waals surface area contributed by atoms with Crippen molar-refractivity contribution >= 4 is 5.78 Å². The molecule has 2 heterocycles. The topological polar surface area (TPSA) is 55.8 Å². The Morgan fingerprint density at radius 1 is 1.47 bits per heavy atom. The SMILES string of the molecule is CC(=O)c1ccc2c(c1O)C[C@@H]1[C@H](C)CO[C@]1(C)O2. The summed E-state index contributed by atoms with van der Waals surface area (Å²) < 4.78 is 11.7. The van der Waals surface area contributed by atoms with Crippen molar-refractivity contribution in [2.24, 2.45) is 11.8 Å². The molecule has 0 aromatic heterocycles. The maximum Gasteiger partial charge on any atom is 0.211 e. The van der Waals surface area contributed by atoms with Crippen LogP contribution < -0.4 is 4.74 Å². The van der Waals surface area contributed by atoms with Gasteiger partial charge >= 0.3 is 0 Å². The van der Waals surface area contributed by atoms with Gasteiger partial charge in [-0.25, -0.2) is 0 Å². The van der Waals surface area contributed by atoms with Crippen molar-refractivity contribution < 1.29 is 19.4 Å². The molecule has 3 atom stereocenters. The Hall–Kier alpha value is -1.55. The van der Waals surface area contributed by atoms with E-state index in [4.69, 9.17) is 9.47 Å². The number of rotatable bonds is 1. The van der Waals surface area contributed by atoms with Gasteiger partial charge in [-0.05, 0) is 31.4 Å². The molecule has 4 heteroatoms. The third kappa shape index (κ3) is 1.74. The van der Waals surface area contributed by atoms with Crippen LogP contribution in [0.5, 0.6) is 11.5 Å². The Bertz CT molecular complexity index is 551. The van der Waals surface area contributed by atoms with Crippen molar-refractivity contribution in [2.75, 3.05) is 6.61 Å². The number of fused-ring (bicyclic) bond motifs is 2. The Kier molecular flexibility index (Phi) is 2.61. The van der Waals surface area contributed by atoms with Gasteiger partial charge in [0.2, 0.25) is 5.79 Å². The molecule has 0 aliphatic carbocycles. The number of phenols is 1. The first-order chi connectivity index (χ1) is 8.92. The minimum Gasteiger partial charge on any atom is -0.507 e. The average molecular weight is 262 g/mol. The van der Waals surface area contributed by atoms with Gasteiger partial charge in [0.1, 0.15) is 11.5 Å². The standard InChI is InChI=1S/C15H18O4/c1-8-7-18-15(3)12(8)6-11-13(19-15)5-4-10(9(2)16)14(11)17/h4-5,8,12,17H,6-7H2,1-3H3/t8-,12-,15-/m1/s1. The first kappa shape index (κ1) is 12.5. The van der Waals surface area contributed by atoms with E-state index in [2.05, 4.69) is 6.92 Å². The minimum atomic E-state index is -0.614. The summed E-state index contributed by atoms with van der Waals surface area (Å²) in [4.78, 5) is 11.5. The molecule has 1 saturated heterocycles. The van der Waals surface area contributed by atoms with Crippen molar-refractivity contribution in [3.8, 4) is 11.5 Å². The highest BCUT2D eigenvalue weighted by atomic mass is 16.7. The number of ether oxygens (including phenoxy) is 2. The Labute approximate surface area is 112 Å². The second-order valence-electron chi connectivity index (χ2n) is 5.71. The highest BCUT2D eigenvalue weighted by molar-refractivity contribution is 5.97. The summed E-state index contributed by atoms with van der Waals surface area (Å²) in [6.07, 6.45) is 0.681. The molecule has 1 aromatic rings. The molecule has 0 radical (unpaired) electrons. The second kappa shape index (κ2) is 3.97. The zero-order valence-corrected chi connectivity index (χ0v) is 11.4. The zero-order valence-electron chi connectivity index (χ0n) is 11.4. The lowest BCUT2D eigenvalue weighted by atomic mass is 9.81. The molecule has 19 heavy (non-hydrogen) atoms. The lowest BCUT2D eigenvalue weighted by Gasteiger charge is -2.38. The van der Waals surface area contributed by atoms with E-state index >= 15 is 0 Å². The van der Waals surface area contributed by atoms with Crippen molar-refractivity contribution in [3.63, 3.8) is 0 Å². The fourth-order valence-corrected chi connectivity index (χ4v) is 3.16. The maximum absolute atomic E-state index is 11.5. The minimum absolute atomic E-state index is 0.0613. The van der Waals surface area contributed by atoms with E-state index in [0.29, 0.717) is 30.3 Å². The van der Waals surface area contributed by atoms with Crippen LogP contribution in [0.4, 0.5) is 0 Å². The summed E-state index contributed by atoms with van der Waals surface area (Å²) >= 11 is 0. The van der Waals surface area contributed by atoms with Gasteiger partial charge in [-0.2, -0.15) is 0 Å². The van der Waals surface area contributed by atoms with Crippen LogP contribution in [0.3, 0.4) is 0 Å². The average Bonchev–Trinajstić information content (AvgIpc) is 2.63. The highest BCUT2D eigenvalue weighted by Crippen LogP contribution is 2.48. The predicted octanol–water partition coefficient (Wildman–Crippen LogP) is 2.53. The van der Waals surface area contributed by atoms with Gasteiger partial charge in [0.15, 0.2) is 5.78 Å². The third-order valence-electron chi connectivity index (χ3n) is 4.35. The van der Waals surface area contributed by atoms with Crippen molar-refractivity contribution in [3.05, 3.63) is 23.3 Å². The molecule has 0 bridgehead atoms. The first-order valence-corrected chi connectivity index (χ1v) is 6.61. The number of ketones is 1. The number of hydrogen-bond acceptors (Lipinski definition) is 4. The summed E-state index contributed by atoms with van der Waals surface area (Å²) in [5.41, 5.74) is 1.09. The van der Waals surface area contributed by atoms with Crippen molar-refractivity contribution in [1.29, 1.82) is 0 Å². The summed E-state index contributed by atoms with van der Waals surface area (Å²) in [5, 5.41) is 10.3. The maximum atomic E-state index is 11.5. The van der Waals surface area contributed by atoms with Crippen LogP contribution in [-0.4, -0.2) is 23.3 Å². The Balaban J connectivity index is 2.08. The molecule has 0 amide bonds.